The third-order valence-electron chi connectivity index (χ3n) is 5.35. The van der Waals surface area contributed by atoms with Gasteiger partial charge in [-0.3, -0.25) is 4.79 Å². The van der Waals surface area contributed by atoms with Gasteiger partial charge in [-0.15, -0.1) is 0 Å². The highest BCUT2D eigenvalue weighted by Gasteiger charge is 2.38. The number of anilines is 1. The molecule has 0 spiro atoms. The van der Waals surface area contributed by atoms with E-state index in [0.29, 0.717) is 6.54 Å². The lowest BCUT2D eigenvalue weighted by molar-refractivity contribution is -0.141. The van der Waals surface area contributed by atoms with Crippen molar-refractivity contribution in [1.82, 2.24) is 24.4 Å². The normalized spacial score (nSPS) is 23.4. The van der Waals surface area contributed by atoms with Crippen LogP contribution in [0, 0.1) is 5.92 Å². The summed E-state index contributed by atoms with van der Waals surface area (Å²) >= 11 is 0. The molecule has 9 heteroatoms. The van der Waals surface area contributed by atoms with E-state index < -0.39 is 5.92 Å². The SMILES string of the molecule is Cn1cnc2c(N3CCCC(C(=O)N4CCC(F)(F)CC4)C3)ncnc21. The van der Waals surface area contributed by atoms with E-state index in [0.717, 1.165) is 36.4 Å². The van der Waals surface area contributed by atoms with Gasteiger partial charge in [0.15, 0.2) is 17.0 Å². The zero-order valence-electron chi connectivity index (χ0n) is 14.7. The lowest BCUT2D eigenvalue weighted by Crippen LogP contribution is -2.49. The number of rotatable bonds is 2. The van der Waals surface area contributed by atoms with Crippen LogP contribution >= 0.6 is 0 Å². The molecular weight excluding hydrogens is 342 g/mol. The number of hydrogen-bond acceptors (Lipinski definition) is 5. The van der Waals surface area contributed by atoms with Crippen molar-refractivity contribution in [3.05, 3.63) is 12.7 Å². The molecule has 7 nitrogen and oxygen atoms in total. The monoisotopic (exact) mass is 364 g/mol. The number of fused-ring (bicyclic) bond motifs is 1. The summed E-state index contributed by atoms with van der Waals surface area (Å²) in [6, 6.07) is 0. The van der Waals surface area contributed by atoms with E-state index in [2.05, 4.69) is 19.9 Å². The quantitative estimate of drug-likeness (QED) is 0.813. The number of nitrogens with zero attached hydrogens (tertiary/aromatic N) is 6. The maximum absolute atomic E-state index is 13.3. The van der Waals surface area contributed by atoms with Crippen molar-refractivity contribution in [2.24, 2.45) is 13.0 Å². The lowest BCUT2D eigenvalue weighted by Gasteiger charge is -2.38. The molecular formula is C17H22F2N6O. The van der Waals surface area contributed by atoms with Gasteiger partial charge in [-0.2, -0.15) is 0 Å². The predicted molar refractivity (Wildman–Crippen MR) is 92.0 cm³/mol. The summed E-state index contributed by atoms with van der Waals surface area (Å²) in [4.78, 5) is 29.5. The number of amides is 1. The second-order valence-corrected chi connectivity index (χ2v) is 7.19. The first-order chi connectivity index (χ1) is 12.4. The van der Waals surface area contributed by atoms with Gasteiger partial charge in [0, 0.05) is 46.1 Å². The van der Waals surface area contributed by atoms with Crippen molar-refractivity contribution < 1.29 is 13.6 Å². The Morgan fingerprint density at radius 3 is 2.73 bits per heavy atom. The fraction of sp³-hybridized carbons (Fsp3) is 0.647. The Labute approximate surface area is 150 Å². The number of aromatic nitrogens is 4. The van der Waals surface area contributed by atoms with Gasteiger partial charge in [0.1, 0.15) is 6.33 Å². The summed E-state index contributed by atoms with van der Waals surface area (Å²) < 4.78 is 28.5. The number of halogens is 2. The van der Waals surface area contributed by atoms with Crippen LogP contribution < -0.4 is 4.90 Å². The van der Waals surface area contributed by atoms with Crippen LogP contribution in [0.4, 0.5) is 14.6 Å². The number of alkyl halides is 2. The molecule has 1 atom stereocenters. The Balaban J connectivity index is 1.50. The van der Waals surface area contributed by atoms with E-state index in [1.807, 2.05) is 11.6 Å². The number of imidazole rings is 1. The molecule has 2 aromatic heterocycles. The van der Waals surface area contributed by atoms with Gasteiger partial charge in [0.2, 0.25) is 5.91 Å². The van der Waals surface area contributed by atoms with Crippen molar-refractivity contribution >= 4 is 22.9 Å². The maximum atomic E-state index is 13.3. The first-order valence-electron chi connectivity index (χ1n) is 8.98. The second kappa shape index (κ2) is 6.44. The number of carbonyl (C=O) groups excluding carboxylic acids is 1. The first-order valence-corrected chi connectivity index (χ1v) is 8.98. The Kier molecular flexibility index (Phi) is 4.24. The molecule has 2 saturated heterocycles. The molecule has 1 amide bonds. The van der Waals surface area contributed by atoms with E-state index in [1.165, 1.54) is 6.33 Å². The molecule has 0 aromatic carbocycles. The van der Waals surface area contributed by atoms with Crippen molar-refractivity contribution in [3.8, 4) is 0 Å². The summed E-state index contributed by atoms with van der Waals surface area (Å²) in [6.45, 7) is 1.61. The Hall–Kier alpha value is -2.32. The third kappa shape index (κ3) is 3.10. The fourth-order valence-electron chi connectivity index (χ4n) is 3.85. The summed E-state index contributed by atoms with van der Waals surface area (Å²) in [5, 5.41) is 0. The van der Waals surface area contributed by atoms with E-state index in [9.17, 15) is 13.6 Å². The standard InChI is InChI=1S/C17H22F2N6O/c1-23-11-22-13-14(23)20-10-21-15(13)25-6-2-3-12(9-25)16(26)24-7-4-17(18,19)5-8-24/h10-12H,2-9H2,1H3. The number of piperidine rings is 2. The van der Waals surface area contributed by atoms with Crippen LogP contribution in [0.2, 0.25) is 0 Å². The van der Waals surface area contributed by atoms with E-state index in [-0.39, 0.29) is 37.8 Å². The molecule has 0 N–H and O–H groups in total. The molecule has 2 fully saturated rings. The Morgan fingerprint density at radius 2 is 1.96 bits per heavy atom. The molecule has 140 valence electrons. The van der Waals surface area contributed by atoms with E-state index in [4.69, 9.17) is 0 Å². The smallest absolute Gasteiger partial charge is 0.251 e. The average Bonchev–Trinajstić information content (AvgIpc) is 3.03. The molecule has 4 rings (SSSR count). The van der Waals surface area contributed by atoms with Crippen LogP contribution in [0.15, 0.2) is 12.7 Å². The number of aryl methyl sites for hydroxylation is 1. The van der Waals surface area contributed by atoms with Crippen LogP contribution in [0.3, 0.4) is 0 Å². The number of hydrogen-bond donors (Lipinski definition) is 0. The van der Waals surface area contributed by atoms with Gasteiger partial charge >= 0.3 is 0 Å². The second-order valence-electron chi connectivity index (χ2n) is 7.19. The van der Waals surface area contributed by atoms with Crippen LogP contribution in [0.25, 0.3) is 11.2 Å². The van der Waals surface area contributed by atoms with Crippen molar-refractivity contribution in [1.29, 1.82) is 0 Å². The largest absolute Gasteiger partial charge is 0.354 e. The van der Waals surface area contributed by atoms with Crippen molar-refractivity contribution in [3.63, 3.8) is 0 Å². The summed E-state index contributed by atoms with van der Waals surface area (Å²) in [5.74, 6) is -2.11. The van der Waals surface area contributed by atoms with Crippen molar-refractivity contribution in [2.45, 2.75) is 31.6 Å². The topological polar surface area (TPSA) is 67.2 Å². The van der Waals surface area contributed by atoms with Gasteiger partial charge in [-0.25, -0.2) is 23.7 Å². The minimum atomic E-state index is -2.64. The molecule has 2 aliphatic heterocycles. The molecule has 2 aromatic rings. The van der Waals surface area contributed by atoms with Crippen LogP contribution in [0.1, 0.15) is 25.7 Å². The van der Waals surface area contributed by atoms with Gasteiger partial charge in [-0.05, 0) is 12.8 Å². The highest BCUT2D eigenvalue weighted by molar-refractivity contribution is 5.84. The zero-order valence-corrected chi connectivity index (χ0v) is 14.7. The molecule has 2 aliphatic rings. The predicted octanol–water partition coefficient (Wildman–Crippen LogP) is 1.84. The molecule has 4 heterocycles. The van der Waals surface area contributed by atoms with Crippen LogP contribution in [0.5, 0.6) is 0 Å². The highest BCUT2D eigenvalue weighted by atomic mass is 19.3. The lowest BCUT2D eigenvalue weighted by atomic mass is 9.95. The highest BCUT2D eigenvalue weighted by Crippen LogP contribution is 2.31. The van der Waals surface area contributed by atoms with Crippen LogP contribution in [-0.4, -0.2) is 62.4 Å². The van der Waals surface area contributed by atoms with Gasteiger partial charge in [-0.1, -0.05) is 0 Å². The van der Waals surface area contributed by atoms with E-state index in [1.54, 1.807) is 11.2 Å². The van der Waals surface area contributed by atoms with Gasteiger partial charge in [0.25, 0.3) is 5.92 Å². The minimum Gasteiger partial charge on any atom is -0.354 e. The van der Waals surface area contributed by atoms with Crippen LogP contribution in [-0.2, 0) is 11.8 Å². The number of carbonyl (C=O) groups is 1. The molecule has 0 bridgehead atoms. The molecule has 1 unspecified atom stereocenters. The summed E-state index contributed by atoms with van der Waals surface area (Å²) in [5.41, 5.74) is 1.47. The van der Waals surface area contributed by atoms with Gasteiger partial charge < -0.3 is 14.4 Å². The minimum absolute atomic E-state index is 0.0171. The number of likely N-dealkylation sites (tertiary alicyclic amines) is 1. The molecule has 0 radical (unpaired) electrons. The maximum Gasteiger partial charge on any atom is 0.251 e. The Morgan fingerprint density at radius 1 is 1.19 bits per heavy atom. The van der Waals surface area contributed by atoms with Gasteiger partial charge in [0.05, 0.1) is 12.2 Å². The zero-order chi connectivity index (χ0) is 18.3. The third-order valence-corrected chi connectivity index (χ3v) is 5.35. The Bertz CT molecular complexity index is 813. The molecule has 0 saturated carbocycles. The molecule has 26 heavy (non-hydrogen) atoms. The average molecular weight is 364 g/mol. The summed E-state index contributed by atoms with van der Waals surface area (Å²) in [6.07, 6.45) is 4.36. The van der Waals surface area contributed by atoms with Crippen molar-refractivity contribution in [2.75, 3.05) is 31.1 Å². The summed E-state index contributed by atoms with van der Waals surface area (Å²) in [7, 11) is 1.88. The first kappa shape index (κ1) is 17.1. The fourth-order valence-corrected chi connectivity index (χ4v) is 3.85. The van der Waals surface area contributed by atoms with E-state index >= 15 is 0 Å². The molecule has 0 aliphatic carbocycles.